The van der Waals surface area contributed by atoms with Crippen LogP contribution in [0.1, 0.15) is 17.2 Å². The summed E-state index contributed by atoms with van der Waals surface area (Å²) in [6, 6.07) is 19.0. The zero-order valence-corrected chi connectivity index (χ0v) is 14.6. The SMILES string of the molecule is O=[N+]([O-])c1cccc([C@@H]2c3c(ccc4ccccc34)O[C@H]3COCCN23)c1. The third kappa shape index (κ3) is 2.65. The number of non-ortho nitro benzene ring substituents is 1. The van der Waals surface area contributed by atoms with Gasteiger partial charge in [-0.05, 0) is 22.4 Å². The predicted molar refractivity (Wildman–Crippen MR) is 101 cm³/mol. The van der Waals surface area contributed by atoms with Crippen LogP contribution in [0.4, 0.5) is 5.69 Å². The molecule has 6 nitrogen and oxygen atoms in total. The molecule has 0 saturated carbocycles. The Morgan fingerprint density at radius 1 is 1.07 bits per heavy atom. The van der Waals surface area contributed by atoms with Gasteiger partial charge >= 0.3 is 0 Å². The summed E-state index contributed by atoms with van der Waals surface area (Å²) in [5.41, 5.74) is 2.06. The van der Waals surface area contributed by atoms with E-state index in [2.05, 4.69) is 23.1 Å². The third-order valence-corrected chi connectivity index (χ3v) is 5.32. The van der Waals surface area contributed by atoms with Gasteiger partial charge in [-0.3, -0.25) is 15.0 Å². The molecule has 0 amide bonds. The minimum absolute atomic E-state index is 0.102. The van der Waals surface area contributed by atoms with Gasteiger partial charge in [0.05, 0.1) is 24.2 Å². The second kappa shape index (κ2) is 6.33. The van der Waals surface area contributed by atoms with Gasteiger partial charge in [0.1, 0.15) is 5.75 Å². The standard InChI is InChI=1S/C21H18N2O4/c24-23(25)16-6-3-5-15(12-16)21-20-17-7-2-1-4-14(17)8-9-18(20)27-19-13-26-11-10-22(19)21/h1-9,12,19,21H,10-11,13H2/t19-,21+/m0/s1. The Labute approximate surface area is 156 Å². The van der Waals surface area contributed by atoms with E-state index in [1.807, 2.05) is 24.3 Å². The minimum atomic E-state index is -0.344. The molecule has 6 heteroatoms. The van der Waals surface area contributed by atoms with E-state index >= 15 is 0 Å². The molecule has 3 aromatic carbocycles. The molecule has 0 aromatic heterocycles. The molecule has 5 rings (SSSR count). The number of ether oxygens (including phenoxy) is 2. The van der Waals surface area contributed by atoms with Crippen molar-refractivity contribution < 1.29 is 14.4 Å². The summed E-state index contributed by atoms with van der Waals surface area (Å²) in [5, 5.41) is 13.6. The number of nitrogens with zero attached hydrogens (tertiary/aromatic N) is 2. The minimum Gasteiger partial charge on any atom is -0.472 e. The third-order valence-electron chi connectivity index (χ3n) is 5.32. The van der Waals surface area contributed by atoms with E-state index in [0.29, 0.717) is 19.8 Å². The number of nitro groups is 1. The summed E-state index contributed by atoms with van der Waals surface area (Å²) in [5.74, 6) is 0.817. The topological polar surface area (TPSA) is 64.8 Å². The zero-order valence-electron chi connectivity index (χ0n) is 14.6. The molecule has 0 radical (unpaired) electrons. The zero-order chi connectivity index (χ0) is 18.4. The normalized spacial score (nSPS) is 21.9. The maximum Gasteiger partial charge on any atom is 0.269 e. The highest BCUT2D eigenvalue weighted by atomic mass is 16.6. The number of fused-ring (bicyclic) bond motifs is 4. The van der Waals surface area contributed by atoms with Crippen LogP contribution >= 0.6 is 0 Å². The molecule has 0 bridgehead atoms. The average molecular weight is 362 g/mol. The van der Waals surface area contributed by atoms with Crippen molar-refractivity contribution in [3.05, 3.63) is 81.9 Å². The Bertz CT molecular complexity index is 1040. The Balaban J connectivity index is 1.76. The first-order chi connectivity index (χ1) is 13.2. The van der Waals surface area contributed by atoms with Crippen molar-refractivity contribution in [2.45, 2.75) is 12.3 Å². The lowest BCUT2D eigenvalue weighted by atomic mass is 9.89. The van der Waals surface area contributed by atoms with Crippen LogP contribution in [-0.4, -0.2) is 35.8 Å². The first-order valence-corrected chi connectivity index (χ1v) is 8.98. The van der Waals surface area contributed by atoms with E-state index in [9.17, 15) is 10.1 Å². The van der Waals surface area contributed by atoms with Gasteiger partial charge in [-0.2, -0.15) is 0 Å². The molecule has 0 unspecified atom stereocenters. The maximum absolute atomic E-state index is 11.3. The molecule has 27 heavy (non-hydrogen) atoms. The molecule has 2 aliphatic rings. The Morgan fingerprint density at radius 3 is 2.85 bits per heavy atom. The van der Waals surface area contributed by atoms with E-state index in [4.69, 9.17) is 9.47 Å². The van der Waals surface area contributed by atoms with Crippen molar-refractivity contribution >= 4 is 16.5 Å². The summed E-state index contributed by atoms with van der Waals surface area (Å²) < 4.78 is 11.9. The molecule has 136 valence electrons. The Kier molecular flexibility index (Phi) is 3.81. The van der Waals surface area contributed by atoms with Crippen LogP contribution in [0.3, 0.4) is 0 Å². The quantitative estimate of drug-likeness (QED) is 0.511. The summed E-state index contributed by atoms with van der Waals surface area (Å²) in [6.45, 7) is 1.81. The summed E-state index contributed by atoms with van der Waals surface area (Å²) in [7, 11) is 0. The molecular formula is C21H18N2O4. The van der Waals surface area contributed by atoms with Gasteiger partial charge in [-0.25, -0.2) is 0 Å². The predicted octanol–water partition coefficient (Wildman–Crippen LogP) is 3.89. The highest BCUT2D eigenvalue weighted by Gasteiger charge is 2.39. The van der Waals surface area contributed by atoms with Crippen LogP contribution in [-0.2, 0) is 4.74 Å². The van der Waals surface area contributed by atoms with Crippen LogP contribution < -0.4 is 4.74 Å². The first kappa shape index (κ1) is 16.2. The lowest BCUT2D eigenvalue weighted by Crippen LogP contribution is -2.53. The van der Waals surface area contributed by atoms with Crippen molar-refractivity contribution in [2.75, 3.05) is 19.8 Å². The number of hydrogen-bond donors (Lipinski definition) is 0. The molecule has 2 heterocycles. The maximum atomic E-state index is 11.3. The highest BCUT2D eigenvalue weighted by Crippen LogP contribution is 2.45. The van der Waals surface area contributed by atoms with Crippen LogP contribution in [0.2, 0.25) is 0 Å². The molecule has 0 N–H and O–H groups in total. The van der Waals surface area contributed by atoms with Gasteiger partial charge < -0.3 is 9.47 Å². The summed E-state index contributed by atoms with van der Waals surface area (Å²) in [6.07, 6.45) is -0.198. The Morgan fingerprint density at radius 2 is 1.96 bits per heavy atom. The average Bonchev–Trinajstić information content (AvgIpc) is 2.72. The van der Waals surface area contributed by atoms with Crippen molar-refractivity contribution in [2.24, 2.45) is 0 Å². The number of benzene rings is 3. The number of rotatable bonds is 2. The van der Waals surface area contributed by atoms with Crippen molar-refractivity contribution in [3.8, 4) is 5.75 Å². The lowest BCUT2D eigenvalue weighted by Gasteiger charge is -2.45. The van der Waals surface area contributed by atoms with Gasteiger partial charge in [0.15, 0.2) is 6.23 Å². The highest BCUT2D eigenvalue weighted by molar-refractivity contribution is 5.89. The van der Waals surface area contributed by atoms with Gasteiger partial charge in [-0.15, -0.1) is 0 Å². The van der Waals surface area contributed by atoms with Gasteiger partial charge in [-0.1, -0.05) is 42.5 Å². The van der Waals surface area contributed by atoms with E-state index in [1.165, 1.54) is 6.07 Å². The van der Waals surface area contributed by atoms with E-state index < -0.39 is 0 Å². The first-order valence-electron chi connectivity index (χ1n) is 8.98. The molecule has 2 aliphatic heterocycles. The Hall–Kier alpha value is -2.96. The van der Waals surface area contributed by atoms with Crippen molar-refractivity contribution in [3.63, 3.8) is 0 Å². The molecule has 0 spiro atoms. The van der Waals surface area contributed by atoms with Crippen LogP contribution in [0.5, 0.6) is 5.75 Å². The molecule has 3 aromatic rings. The fourth-order valence-corrected chi connectivity index (χ4v) is 4.13. The molecule has 1 fully saturated rings. The van der Waals surface area contributed by atoms with Crippen LogP contribution in [0.25, 0.3) is 10.8 Å². The largest absolute Gasteiger partial charge is 0.472 e. The monoisotopic (exact) mass is 362 g/mol. The van der Waals surface area contributed by atoms with Crippen LogP contribution in [0.15, 0.2) is 60.7 Å². The van der Waals surface area contributed by atoms with Crippen molar-refractivity contribution in [1.82, 2.24) is 4.90 Å². The van der Waals surface area contributed by atoms with E-state index in [-0.39, 0.29) is 22.9 Å². The number of morpholine rings is 1. The van der Waals surface area contributed by atoms with Crippen LogP contribution in [0, 0.1) is 10.1 Å². The second-order valence-corrected chi connectivity index (χ2v) is 6.84. The van der Waals surface area contributed by atoms with Crippen molar-refractivity contribution in [1.29, 1.82) is 0 Å². The fraction of sp³-hybridized carbons (Fsp3) is 0.238. The summed E-state index contributed by atoms with van der Waals surface area (Å²) in [4.78, 5) is 13.2. The molecule has 0 aliphatic carbocycles. The molecule has 1 saturated heterocycles. The van der Waals surface area contributed by atoms with Gasteiger partial charge in [0, 0.05) is 24.2 Å². The molecule has 2 atom stereocenters. The van der Waals surface area contributed by atoms with Gasteiger partial charge in [0.25, 0.3) is 5.69 Å². The lowest BCUT2D eigenvalue weighted by molar-refractivity contribution is -0.385. The second-order valence-electron chi connectivity index (χ2n) is 6.84. The molecular weight excluding hydrogens is 344 g/mol. The van der Waals surface area contributed by atoms with Gasteiger partial charge in [0.2, 0.25) is 0 Å². The number of nitro benzene ring substituents is 1. The fourth-order valence-electron chi connectivity index (χ4n) is 4.13. The smallest absolute Gasteiger partial charge is 0.269 e. The number of hydrogen-bond acceptors (Lipinski definition) is 5. The summed E-state index contributed by atoms with van der Waals surface area (Å²) >= 11 is 0. The van der Waals surface area contributed by atoms with E-state index in [0.717, 1.165) is 27.6 Å². The van der Waals surface area contributed by atoms with E-state index in [1.54, 1.807) is 12.1 Å².